The van der Waals surface area contributed by atoms with E-state index in [-0.39, 0.29) is 18.7 Å². The summed E-state index contributed by atoms with van der Waals surface area (Å²) in [7, 11) is 0. The Morgan fingerprint density at radius 2 is 2.20 bits per heavy atom. The largest absolute Gasteiger partial charge is 0.396 e. The summed E-state index contributed by atoms with van der Waals surface area (Å²) in [4.78, 5) is 11.4. The van der Waals surface area contributed by atoms with Gasteiger partial charge in [-0.2, -0.15) is 0 Å². The molecule has 0 bridgehead atoms. The molecule has 3 N–H and O–H groups in total. The molecule has 1 rings (SSSR count). The third-order valence-corrected chi connectivity index (χ3v) is 2.58. The highest BCUT2D eigenvalue weighted by molar-refractivity contribution is 5.74. The predicted molar refractivity (Wildman–Crippen MR) is 59.6 cm³/mol. The Hall–Kier alpha value is -1.03. The van der Waals surface area contributed by atoms with Crippen LogP contribution in [-0.2, 0) is 0 Å². The number of hydrogen-bond acceptors (Lipinski definition) is 2. The number of urea groups is 1. The van der Waals surface area contributed by atoms with Crippen LogP contribution in [0.15, 0.2) is 12.2 Å². The van der Waals surface area contributed by atoms with E-state index in [4.69, 9.17) is 5.11 Å². The second-order valence-electron chi connectivity index (χ2n) is 4.11. The maximum atomic E-state index is 11.4. The van der Waals surface area contributed by atoms with Crippen molar-refractivity contribution in [2.75, 3.05) is 13.2 Å². The Morgan fingerprint density at radius 1 is 1.53 bits per heavy atom. The van der Waals surface area contributed by atoms with Crippen molar-refractivity contribution in [3.05, 3.63) is 12.2 Å². The summed E-state index contributed by atoms with van der Waals surface area (Å²) < 4.78 is 0. The van der Waals surface area contributed by atoms with Crippen LogP contribution in [-0.4, -0.2) is 30.3 Å². The normalized spacial score (nSPS) is 17.7. The molecule has 1 unspecified atom stereocenters. The van der Waals surface area contributed by atoms with Gasteiger partial charge >= 0.3 is 6.03 Å². The smallest absolute Gasteiger partial charge is 0.315 e. The van der Waals surface area contributed by atoms with E-state index in [2.05, 4.69) is 22.8 Å². The van der Waals surface area contributed by atoms with Crippen LogP contribution in [0.5, 0.6) is 0 Å². The summed E-state index contributed by atoms with van der Waals surface area (Å²) >= 11 is 0. The van der Waals surface area contributed by atoms with E-state index in [9.17, 15) is 4.79 Å². The Kier molecular flexibility index (Phi) is 5.18. The maximum Gasteiger partial charge on any atom is 0.315 e. The molecule has 0 aromatic carbocycles. The van der Waals surface area contributed by atoms with Crippen molar-refractivity contribution in [2.24, 2.45) is 5.92 Å². The quantitative estimate of drug-likeness (QED) is 0.596. The van der Waals surface area contributed by atoms with Crippen molar-refractivity contribution >= 4 is 6.03 Å². The Bertz CT molecular complexity index is 221. The van der Waals surface area contributed by atoms with E-state index in [1.807, 2.05) is 6.92 Å². The van der Waals surface area contributed by atoms with Crippen LogP contribution in [0.3, 0.4) is 0 Å². The molecule has 4 heteroatoms. The van der Waals surface area contributed by atoms with E-state index in [0.717, 1.165) is 19.3 Å². The maximum absolute atomic E-state index is 11.4. The van der Waals surface area contributed by atoms with Crippen LogP contribution in [0.4, 0.5) is 4.79 Å². The van der Waals surface area contributed by atoms with E-state index in [0.29, 0.717) is 12.5 Å². The van der Waals surface area contributed by atoms with Gasteiger partial charge in [-0.1, -0.05) is 19.1 Å². The van der Waals surface area contributed by atoms with Gasteiger partial charge in [-0.15, -0.1) is 0 Å². The summed E-state index contributed by atoms with van der Waals surface area (Å²) in [5, 5.41) is 14.4. The molecule has 0 saturated carbocycles. The van der Waals surface area contributed by atoms with E-state index < -0.39 is 0 Å². The topological polar surface area (TPSA) is 61.4 Å². The second-order valence-corrected chi connectivity index (χ2v) is 4.11. The fraction of sp³-hybridized carbons (Fsp3) is 0.727. The number of aliphatic hydroxyl groups is 1. The van der Waals surface area contributed by atoms with Crippen molar-refractivity contribution in [1.82, 2.24) is 10.6 Å². The number of carbonyl (C=O) groups is 1. The van der Waals surface area contributed by atoms with Crippen LogP contribution in [0, 0.1) is 5.92 Å². The lowest BCUT2D eigenvalue weighted by molar-refractivity contribution is 0.231. The van der Waals surface area contributed by atoms with Crippen LogP contribution in [0.2, 0.25) is 0 Å². The van der Waals surface area contributed by atoms with Crippen LogP contribution < -0.4 is 10.6 Å². The zero-order chi connectivity index (χ0) is 11.1. The van der Waals surface area contributed by atoms with Gasteiger partial charge in [0.05, 0.1) is 0 Å². The van der Waals surface area contributed by atoms with Gasteiger partial charge in [-0.05, 0) is 25.2 Å². The number of amides is 2. The molecule has 1 aliphatic rings. The number of hydrogen-bond donors (Lipinski definition) is 3. The van der Waals surface area contributed by atoms with Gasteiger partial charge in [0, 0.05) is 19.2 Å². The molecule has 0 spiro atoms. The van der Waals surface area contributed by atoms with Crippen molar-refractivity contribution < 1.29 is 9.90 Å². The first-order valence-corrected chi connectivity index (χ1v) is 5.52. The first kappa shape index (κ1) is 12.0. The van der Waals surface area contributed by atoms with Gasteiger partial charge in [0.1, 0.15) is 0 Å². The van der Waals surface area contributed by atoms with Gasteiger partial charge < -0.3 is 15.7 Å². The summed E-state index contributed by atoms with van der Waals surface area (Å²) in [6, 6.07) is 0.159. The number of carbonyl (C=O) groups excluding carboxylic acids is 1. The van der Waals surface area contributed by atoms with Crippen molar-refractivity contribution in [1.29, 1.82) is 0 Å². The van der Waals surface area contributed by atoms with Crippen molar-refractivity contribution in [2.45, 2.75) is 32.2 Å². The first-order chi connectivity index (χ1) is 7.22. The summed E-state index contributed by atoms with van der Waals surface area (Å²) in [6.45, 7) is 2.80. The van der Waals surface area contributed by atoms with E-state index in [1.54, 1.807) is 0 Å². The molecule has 0 aromatic rings. The van der Waals surface area contributed by atoms with Crippen LogP contribution >= 0.6 is 0 Å². The molecule has 0 heterocycles. The SMILES string of the molecule is CC(CCO)CNC(=O)NC1CC=CC1. The molecular formula is C11H20N2O2. The lowest BCUT2D eigenvalue weighted by Crippen LogP contribution is -2.42. The summed E-state index contributed by atoms with van der Waals surface area (Å²) in [6.07, 6.45) is 6.75. The molecule has 0 fully saturated rings. The Balaban J connectivity index is 2.07. The van der Waals surface area contributed by atoms with E-state index in [1.165, 1.54) is 0 Å². The summed E-state index contributed by atoms with van der Waals surface area (Å²) in [5.74, 6) is 0.322. The average molecular weight is 212 g/mol. The van der Waals surface area contributed by atoms with Crippen molar-refractivity contribution in [3.63, 3.8) is 0 Å². The molecule has 1 atom stereocenters. The van der Waals surface area contributed by atoms with Crippen LogP contribution in [0.25, 0.3) is 0 Å². The molecule has 0 radical (unpaired) electrons. The Morgan fingerprint density at radius 3 is 2.80 bits per heavy atom. The van der Waals surface area contributed by atoms with Gasteiger partial charge in [0.2, 0.25) is 0 Å². The monoisotopic (exact) mass is 212 g/mol. The lowest BCUT2D eigenvalue weighted by atomic mass is 10.1. The average Bonchev–Trinajstić information content (AvgIpc) is 2.68. The molecule has 4 nitrogen and oxygen atoms in total. The van der Waals surface area contributed by atoms with Gasteiger partial charge in [0.25, 0.3) is 0 Å². The number of nitrogens with one attached hydrogen (secondary N) is 2. The molecule has 0 saturated heterocycles. The molecular weight excluding hydrogens is 192 g/mol. The van der Waals surface area contributed by atoms with E-state index >= 15 is 0 Å². The Labute approximate surface area is 90.7 Å². The standard InChI is InChI=1S/C11H20N2O2/c1-9(6-7-14)8-12-11(15)13-10-4-2-3-5-10/h2-3,9-10,14H,4-8H2,1H3,(H2,12,13,15). The minimum Gasteiger partial charge on any atom is -0.396 e. The molecule has 0 aromatic heterocycles. The van der Waals surface area contributed by atoms with Gasteiger partial charge in [0.15, 0.2) is 0 Å². The zero-order valence-electron chi connectivity index (χ0n) is 9.20. The van der Waals surface area contributed by atoms with Crippen molar-refractivity contribution in [3.8, 4) is 0 Å². The third kappa shape index (κ3) is 4.83. The minimum absolute atomic E-state index is 0.103. The lowest BCUT2D eigenvalue weighted by Gasteiger charge is -2.15. The highest BCUT2D eigenvalue weighted by Gasteiger charge is 2.13. The molecule has 0 aliphatic heterocycles. The molecule has 15 heavy (non-hydrogen) atoms. The molecule has 1 aliphatic carbocycles. The van der Waals surface area contributed by atoms with Crippen LogP contribution in [0.1, 0.15) is 26.2 Å². The van der Waals surface area contributed by atoms with Gasteiger partial charge in [-0.3, -0.25) is 0 Å². The third-order valence-electron chi connectivity index (χ3n) is 2.58. The number of aliphatic hydroxyl groups excluding tert-OH is 1. The fourth-order valence-corrected chi connectivity index (χ4v) is 1.56. The second kappa shape index (κ2) is 6.45. The highest BCUT2D eigenvalue weighted by atomic mass is 16.3. The molecule has 86 valence electrons. The summed E-state index contributed by atoms with van der Waals surface area (Å²) in [5.41, 5.74) is 0. The predicted octanol–water partition coefficient (Wildman–Crippen LogP) is 1.02. The zero-order valence-corrected chi connectivity index (χ0v) is 9.20. The molecule has 2 amide bonds. The highest BCUT2D eigenvalue weighted by Crippen LogP contribution is 2.08. The first-order valence-electron chi connectivity index (χ1n) is 5.52. The fourth-order valence-electron chi connectivity index (χ4n) is 1.56. The van der Waals surface area contributed by atoms with Gasteiger partial charge in [-0.25, -0.2) is 4.79 Å². The number of rotatable bonds is 5. The minimum atomic E-state index is -0.103.